The van der Waals surface area contributed by atoms with Crippen LogP contribution in [0.25, 0.3) is 0 Å². The van der Waals surface area contributed by atoms with Gasteiger partial charge in [0.05, 0.1) is 24.6 Å². The normalized spacial score (nSPS) is 9.25. The summed E-state index contributed by atoms with van der Waals surface area (Å²) in [6, 6.07) is 1.95. The first-order valence-electron chi connectivity index (χ1n) is 3.24. The third-order valence-corrected chi connectivity index (χ3v) is 2.06. The molecular formula is C7H6N2O2S. The van der Waals surface area contributed by atoms with Crippen LogP contribution in [0.2, 0.25) is 0 Å². The van der Waals surface area contributed by atoms with Gasteiger partial charge in [-0.25, -0.2) is 4.98 Å². The first kappa shape index (κ1) is 8.68. The molecule has 0 saturated heterocycles. The van der Waals surface area contributed by atoms with Crippen molar-refractivity contribution in [3.63, 3.8) is 0 Å². The smallest absolute Gasteiger partial charge is 0.309 e. The van der Waals surface area contributed by atoms with Crippen LogP contribution < -0.4 is 0 Å². The Kier molecular flexibility index (Phi) is 2.77. The van der Waals surface area contributed by atoms with Gasteiger partial charge in [-0.15, -0.1) is 11.3 Å². The maximum atomic E-state index is 10.2. The van der Waals surface area contributed by atoms with Crippen molar-refractivity contribution in [2.24, 2.45) is 0 Å². The molecule has 1 heterocycles. The van der Waals surface area contributed by atoms with Crippen LogP contribution in [-0.4, -0.2) is 16.1 Å². The fourth-order valence-corrected chi connectivity index (χ4v) is 1.46. The molecule has 5 heteroatoms. The van der Waals surface area contributed by atoms with Gasteiger partial charge in [0.2, 0.25) is 0 Å². The van der Waals surface area contributed by atoms with E-state index in [4.69, 9.17) is 10.4 Å². The molecule has 1 aromatic heterocycles. The molecule has 0 amide bonds. The van der Waals surface area contributed by atoms with E-state index in [9.17, 15) is 4.79 Å². The van der Waals surface area contributed by atoms with Crippen molar-refractivity contribution in [1.82, 2.24) is 4.98 Å². The molecule has 1 N–H and O–H groups in total. The summed E-state index contributed by atoms with van der Waals surface area (Å²) in [5.74, 6) is -0.899. The topological polar surface area (TPSA) is 74.0 Å². The number of nitriles is 1. The Morgan fingerprint density at radius 2 is 2.58 bits per heavy atom. The lowest BCUT2D eigenvalue weighted by Gasteiger charge is -1.86. The largest absolute Gasteiger partial charge is 0.481 e. The zero-order chi connectivity index (χ0) is 8.97. The van der Waals surface area contributed by atoms with Gasteiger partial charge in [0, 0.05) is 5.38 Å². The van der Waals surface area contributed by atoms with Crippen LogP contribution in [0, 0.1) is 11.3 Å². The van der Waals surface area contributed by atoms with Crippen molar-refractivity contribution in [1.29, 1.82) is 5.26 Å². The van der Waals surface area contributed by atoms with Gasteiger partial charge in [0.1, 0.15) is 5.01 Å². The number of aliphatic carboxylic acids is 1. The highest BCUT2D eigenvalue weighted by atomic mass is 32.1. The summed E-state index contributed by atoms with van der Waals surface area (Å²) in [5.41, 5.74) is 0.526. The molecule has 0 aliphatic carbocycles. The number of carbonyl (C=O) groups is 1. The summed E-state index contributed by atoms with van der Waals surface area (Å²) in [6.07, 6.45) is 0.187. The average Bonchev–Trinajstić information content (AvgIpc) is 2.36. The van der Waals surface area contributed by atoms with E-state index in [2.05, 4.69) is 4.98 Å². The van der Waals surface area contributed by atoms with Gasteiger partial charge in [0.25, 0.3) is 0 Å². The minimum Gasteiger partial charge on any atom is -0.481 e. The second-order valence-electron chi connectivity index (χ2n) is 2.14. The van der Waals surface area contributed by atoms with Gasteiger partial charge < -0.3 is 5.11 Å². The van der Waals surface area contributed by atoms with E-state index < -0.39 is 5.97 Å². The number of nitrogens with zero attached hydrogens (tertiary/aromatic N) is 2. The molecule has 0 aliphatic heterocycles. The van der Waals surface area contributed by atoms with E-state index in [1.54, 1.807) is 5.38 Å². The molecular weight excluding hydrogens is 176 g/mol. The fourth-order valence-electron chi connectivity index (χ4n) is 0.734. The van der Waals surface area contributed by atoms with E-state index in [0.717, 1.165) is 0 Å². The van der Waals surface area contributed by atoms with Crippen LogP contribution in [0.5, 0.6) is 0 Å². The zero-order valence-corrected chi connectivity index (χ0v) is 6.97. The molecule has 0 fully saturated rings. The minimum absolute atomic E-state index is 0.0675. The van der Waals surface area contributed by atoms with Gasteiger partial charge >= 0.3 is 5.97 Å². The van der Waals surface area contributed by atoms with E-state index in [0.29, 0.717) is 10.7 Å². The quantitative estimate of drug-likeness (QED) is 0.751. The Bertz CT molecular complexity index is 326. The zero-order valence-electron chi connectivity index (χ0n) is 6.15. The molecule has 0 aliphatic rings. The number of hydrogen-bond acceptors (Lipinski definition) is 4. The highest BCUT2D eigenvalue weighted by Crippen LogP contribution is 2.10. The third-order valence-electron chi connectivity index (χ3n) is 1.16. The van der Waals surface area contributed by atoms with Crippen LogP contribution in [0.1, 0.15) is 10.7 Å². The van der Waals surface area contributed by atoms with E-state index in [-0.39, 0.29) is 12.8 Å². The number of rotatable bonds is 3. The van der Waals surface area contributed by atoms with Gasteiger partial charge in [-0.3, -0.25) is 4.79 Å². The number of carboxylic acids is 1. The van der Waals surface area contributed by atoms with Crippen molar-refractivity contribution >= 4 is 17.3 Å². The first-order valence-corrected chi connectivity index (χ1v) is 4.12. The summed E-state index contributed by atoms with van der Waals surface area (Å²) in [7, 11) is 0. The Labute approximate surface area is 73.1 Å². The van der Waals surface area contributed by atoms with Crippen LogP contribution in [-0.2, 0) is 17.6 Å². The monoisotopic (exact) mass is 182 g/mol. The predicted molar refractivity (Wildman–Crippen MR) is 42.8 cm³/mol. The molecule has 0 aromatic carbocycles. The maximum absolute atomic E-state index is 10.2. The Balaban J connectivity index is 2.65. The molecule has 0 bridgehead atoms. The molecule has 0 saturated carbocycles. The fraction of sp³-hybridized carbons (Fsp3) is 0.286. The third kappa shape index (κ3) is 2.32. The maximum Gasteiger partial charge on any atom is 0.309 e. The van der Waals surface area contributed by atoms with Gasteiger partial charge in [-0.2, -0.15) is 5.26 Å². The standard InChI is InChI=1S/C7H6N2O2S/c8-2-1-6-9-5(4-12-6)3-7(10)11/h4H,1,3H2,(H,10,11). The van der Waals surface area contributed by atoms with E-state index in [1.165, 1.54) is 11.3 Å². The Morgan fingerprint density at radius 3 is 3.17 bits per heavy atom. The molecule has 4 nitrogen and oxygen atoms in total. The summed E-state index contributed by atoms with van der Waals surface area (Å²) in [4.78, 5) is 14.2. The Morgan fingerprint density at radius 1 is 1.83 bits per heavy atom. The molecule has 0 spiro atoms. The molecule has 1 rings (SSSR count). The number of carboxylic acid groups (broad SMARTS) is 1. The van der Waals surface area contributed by atoms with E-state index >= 15 is 0 Å². The van der Waals surface area contributed by atoms with E-state index in [1.807, 2.05) is 6.07 Å². The molecule has 62 valence electrons. The van der Waals surface area contributed by atoms with Gasteiger partial charge in [-0.05, 0) is 0 Å². The highest BCUT2D eigenvalue weighted by Gasteiger charge is 2.04. The lowest BCUT2D eigenvalue weighted by molar-refractivity contribution is -0.136. The summed E-state index contributed by atoms with van der Waals surface area (Å²) in [5, 5.41) is 19.1. The van der Waals surface area contributed by atoms with Gasteiger partial charge in [0.15, 0.2) is 0 Å². The molecule has 1 aromatic rings. The molecule has 0 radical (unpaired) electrons. The van der Waals surface area contributed by atoms with Crippen LogP contribution in [0.15, 0.2) is 5.38 Å². The molecule has 12 heavy (non-hydrogen) atoms. The lowest BCUT2D eigenvalue weighted by Crippen LogP contribution is -2.00. The summed E-state index contributed by atoms with van der Waals surface area (Å²) >= 11 is 1.32. The van der Waals surface area contributed by atoms with Crippen molar-refractivity contribution in [3.8, 4) is 6.07 Å². The average molecular weight is 182 g/mol. The van der Waals surface area contributed by atoms with Crippen LogP contribution in [0.4, 0.5) is 0 Å². The van der Waals surface area contributed by atoms with Crippen LogP contribution >= 0.6 is 11.3 Å². The first-order chi connectivity index (χ1) is 5.72. The number of thiazole rings is 1. The second-order valence-corrected chi connectivity index (χ2v) is 3.08. The summed E-state index contributed by atoms with van der Waals surface area (Å²) in [6.45, 7) is 0. The molecule has 0 unspecified atom stereocenters. The predicted octanol–water partition coefficient (Wildman–Crippen LogP) is 0.836. The van der Waals surface area contributed by atoms with Gasteiger partial charge in [-0.1, -0.05) is 0 Å². The van der Waals surface area contributed by atoms with Crippen molar-refractivity contribution in [3.05, 3.63) is 16.1 Å². The highest BCUT2D eigenvalue weighted by molar-refractivity contribution is 7.09. The second kappa shape index (κ2) is 3.83. The van der Waals surface area contributed by atoms with Crippen molar-refractivity contribution in [2.45, 2.75) is 12.8 Å². The number of hydrogen-bond donors (Lipinski definition) is 1. The number of aromatic nitrogens is 1. The Hall–Kier alpha value is -1.41. The van der Waals surface area contributed by atoms with Crippen LogP contribution in [0.3, 0.4) is 0 Å². The minimum atomic E-state index is -0.899. The van der Waals surface area contributed by atoms with Crippen molar-refractivity contribution < 1.29 is 9.90 Å². The molecule has 0 atom stereocenters. The summed E-state index contributed by atoms with van der Waals surface area (Å²) < 4.78 is 0. The van der Waals surface area contributed by atoms with Crippen molar-refractivity contribution in [2.75, 3.05) is 0 Å². The lowest BCUT2D eigenvalue weighted by atomic mass is 10.3. The SMILES string of the molecule is N#CCc1nc(CC(=O)O)cs1.